The van der Waals surface area contributed by atoms with Gasteiger partial charge in [-0.1, -0.05) is 37.5 Å². The van der Waals surface area contributed by atoms with Gasteiger partial charge in [0, 0.05) is 5.56 Å². The molecule has 25 heavy (non-hydrogen) atoms. The molecule has 5 heteroatoms. The lowest BCUT2D eigenvalue weighted by Crippen LogP contribution is -2.39. The van der Waals surface area contributed by atoms with Crippen molar-refractivity contribution in [2.45, 2.75) is 50.2 Å². The number of amides is 1. The summed E-state index contributed by atoms with van der Waals surface area (Å²) in [5.41, 5.74) is -0.0690. The maximum absolute atomic E-state index is 12.6. The monoisotopic (exact) mass is 343 g/mol. The zero-order valence-electron chi connectivity index (χ0n) is 14.5. The first-order valence-corrected chi connectivity index (χ1v) is 8.79. The Balaban J connectivity index is 1.80. The lowest BCUT2D eigenvalue weighted by Gasteiger charge is -2.32. The van der Waals surface area contributed by atoms with E-state index in [0.717, 1.165) is 24.8 Å². The van der Waals surface area contributed by atoms with Crippen molar-refractivity contribution < 1.29 is 19.1 Å². The van der Waals surface area contributed by atoms with Crippen LogP contribution in [0.1, 0.15) is 55.9 Å². The molecule has 134 valence electrons. The Morgan fingerprint density at radius 3 is 2.68 bits per heavy atom. The predicted octanol–water partition coefficient (Wildman–Crippen LogP) is 3.58. The lowest BCUT2D eigenvalue weighted by atomic mass is 9.82. The van der Waals surface area contributed by atoms with E-state index in [1.165, 1.54) is 0 Å². The van der Waals surface area contributed by atoms with E-state index < -0.39 is 11.6 Å². The molecule has 1 aromatic heterocycles. The standard InChI is InChI=1S/C20H25NO4/c1-24-16-9-4-3-8-15(16)19(17-10-7-13-25-17)21-18(22)14-20(23)11-5-2-6-12-20/h3-4,7-10,13,19,23H,2,5-6,11-12,14H2,1H3,(H,21,22). The zero-order chi connectivity index (χ0) is 17.7. The molecule has 1 unspecified atom stereocenters. The van der Waals surface area contributed by atoms with E-state index in [-0.39, 0.29) is 12.3 Å². The van der Waals surface area contributed by atoms with E-state index in [9.17, 15) is 9.90 Å². The summed E-state index contributed by atoms with van der Waals surface area (Å²) >= 11 is 0. The third-order valence-electron chi connectivity index (χ3n) is 4.86. The van der Waals surface area contributed by atoms with Gasteiger partial charge in [0.05, 0.1) is 25.4 Å². The number of methoxy groups -OCH3 is 1. The molecule has 1 aliphatic rings. The van der Waals surface area contributed by atoms with Crippen molar-refractivity contribution in [3.8, 4) is 5.75 Å². The molecule has 0 saturated heterocycles. The summed E-state index contributed by atoms with van der Waals surface area (Å²) < 4.78 is 11.0. The highest BCUT2D eigenvalue weighted by Gasteiger charge is 2.33. The van der Waals surface area contributed by atoms with Crippen molar-refractivity contribution in [3.05, 3.63) is 54.0 Å². The summed E-state index contributed by atoms with van der Waals surface area (Å²) in [6.45, 7) is 0. The maximum Gasteiger partial charge on any atom is 0.223 e. The highest BCUT2D eigenvalue weighted by molar-refractivity contribution is 5.78. The number of nitrogens with one attached hydrogen (secondary N) is 1. The van der Waals surface area contributed by atoms with Gasteiger partial charge in [-0.2, -0.15) is 0 Å². The van der Waals surface area contributed by atoms with Crippen molar-refractivity contribution in [1.82, 2.24) is 5.32 Å². The average molecular weight is 343 g/mol. The lowest BCUT2D eigenvalue weighted by molar-refractivity contribution is -0.128. The molecular weight excluding hydrogens is 318 g/mol. The summed E-state index contributed by atoms with van der Waals surface area (Å²) in [7, 11) is 1.60. The van der Waals surface area contributed by atoms with Crippen LogP contribution < -0.4 is 10.1 Å². The zero-order valence-corrected chi connectivity index (χ0v) is 14.5. The van der Waals surface area contributed by atoms with Crippen LogP contribution >= 0.6 is 0 Å². The van der Waals surface area contributed by atoms with Crippen molar-refractivity contribution in [2.24, 2.45) is 0 Å². The van der Waals surface area contributed by atoms with Crippen LogP contribution in [0.25, 0.3) is 0 Å². The first-order valence-electron chi connectivity index (χ1n) is 8.79. The molecule has 1 aromatic carbocycles. The van der Waals surface area contributed by atoms with Gasteiger partial charge in [-0.05, 0) is 31.0 Å². The van der Waals surface area contributed by atoms with Crippen molar-refractivity contribution >= 4 is 5.91 Å². The van der Waals surface area contributed by atoms with Crippen LogP contribution in [0.4, 0.5) is 0 Å². The van der Waals surface area contributed by atoms with Crippen molar-refractivity contribution in [2.75, 3.05) is 7.11 Å². The Bertz CT molecular complexity index is 689. The van der Waals surface area contributed by atoms with Crippen LogP contribution in [-0.2, 0) is 4.79 Å². The Kier molecular flexibility index (Phi) is 5.43. The smallest absolute Gasteiger partial charge is 0.223 e. The Morgan fingerprint density at radius 2 is 2.00 bits per heavy atom. The number of aliphatic hydroxyl groups is 1. The van der Waals surface area contributed by atoms with Gasteiger partial charge in [-0.25, -0.2) is 0 Å². The fourth-order valence-electron chi connectivity index (χ4n) is 3.56. The van der Waals surface area contributed by atoms with Gasteiger partial charge >= 0.3 is 0 Å². The number of carbonyl (C=O) groups is 1. The minimum atomic E-state index is -0.892. The van der Waals surface area contributed by atoms with Gasteiger partial charge in [0.2, 0.25) is 5.91 Å². The van der Waals surface area contributed by atoms with E-state index >= 15 is 0 Å². The third kappa shape index (κ3) is 4.23. The molecule has 3 rings (SSSR count). The van der Waals surface area contributed by atoms with Crippen LogP contribution in [0.15, 0.2) is 47.1 Å². The first kappa shape index (κ1) is 17.5. The van der Waals surface area contributed by atoms with Crippen LogP contribution in [0.2, 0.25) is 0 Å². The van der Waals surface area contributed by atoms with Gasteiger partial charge in [0.1, 0.15) is 17.6 Å². The summed E-state index contributed by atoms with van der Waals surface area (Å²) in [6, 6.07) is 10.7. The fourth-order valence-corrected chi connectivity index (χ4v) is 3.56. The molecular formula is C20H25NO4. The summed E-state index contributed by atoms with van der Waals surface area (Å²) in [4.78, 5) is 12.6. The molecule has 2 N–H and O–H groups in total. The Morgan fingerprint density at radius 1 is 1.24 bits per heavy atom. The van der Waals surface area contributed by atoms with E-state index in [1.807, 2.05) is 30.3 Å². The number of carbonyl (C=O) groups excluding carboxylic acids is 1. The van der Waals surface area contributed by atoms with Crippen LogP contribution in [-0.4, -0.2) is 23.7 Å². The van der Waals surface area contributed by atoms with Gasteiger partial charge < -0.3 is 19.6 Å². The molecule has 1 atom stereocenters. The van der Waals surface area contributed by atoms with Gasteiger partial charge in [0.15, 0.2) is 0 Å². The molecule has 5 nitrogen and oxygen atoms in total. The average Bonchev–Trinajstić information content (AvgIpc) is 3.14. The molecule has 2 aromatic rings. The molecule has 0 radical (unpaired) electrons. The highest BCUT2D eigenvalue weighted by Crippen LogP contribution is 2.33. The Labute approximate surface area is 148 Å². The molecule has 0 aliphatic heterocycles. The van der Waals surface area contributed by atoms with Gasteiger partial charge in [-0.15, -0.1) is 0 Å². The number of rotatable bonds is 6. The number of hydrogen-bond acceptors (Lipinski definition) is 4. The first-order chi connectivity index (χ1) is 12.1. The SMILES string of the molecule is COc1ccccc1C(NC(=O)CC1(O)CCCCC1)c1ccco1. The van der Waals surface area contributed by atoms with Crippen LogP contribution in [0.3, 0.4) is 0 Å². The van der Waals surface area contributed by atoms with E-state index in [2.05, 4.69) is 5.32 Å². The number of para-hydroxylation sites is 1. The molecule has 1 saturated carbocycles. The maximum atomic E-state index is 12.6. The van der Waals surface area contributed by atoms with E-state index in [0.29, 0.717) is 24.4 Å². The minimum Gasteiger partial charge on any atom is -0.496 e. The normalized spacial score (nSPS) is 17.7. The molecule has 0 bridgehead atoms. The summed E-state index contributed by atoms with van der Waals surface area (Å²) in [5.74, 6) is 1.13. The fraction of sp³-hybridized carbons (Fsp3) is 0.450. The molecule has 1 aliphatic carbocycles. The number of hydrogen-bond donors (Lipinski definition) is 2. The number of ether oxygens (including phenoxy) is 1. The third-order valence-corrected chi connectivity index (χ3v) is 4.86. The predicted molar refractivity (Wildman–Crippen MR) is 94.3 cm³/mol. The minimum absolute atomic E-state index is 0.110. The second kappa shape index (κ2) is 7.74. The Hall–Kier alpha value is -2.27. The molecule has 0 spiro atoms. The summed E-state index contributed by atoms with van der Waals surface area (Å²) in [6.07, 6.45) is 6.12. The van der Waals surface area contributed by atoms with Crippen molar-refractivity contribution in [3.63, 3.8) is 0 Å². The largest absolute Gasteiger partial charge is 0.496 e. The highest BCUT2D eigenvalue weighted by atomic mass is 16.5. The molecule has 1 heterocycles. The second-order valence-corrected chi connectivity index (χ2v) is 6.72. The second-order valence-electron chi connectivity index (χ2n) is 6.72. The molecule has 1 amide bonds. The topological polar surface area (TPSA) is 71.7 Å². The van der Waals surface area contributed by atoms with Crippen LogP contribution in [0.5, 0.6) is 5.75 Å². The quantitative estimate of drug-likeness (QED) is 0.841. The van der Waals surface area contributed by atoms with Crippen LogP contribution in [0, 0.1) is 0 Å². The molecule has 1 fully saturated rings. The number of benzene rings is 1. The van der Waals surface area contributed by atoms with Gasteiger partial charge in [0.25, 0.3) is 0 Å². The van der Waals surface area contributed by atoms with Gasteiger partial charge in [-0.3, -0.25) is 4.79 Å². The van der Waals surface area contributed by atoms with E-state index in [4.69, 9.17) is 9.15 Å². The number of furan rings is 1. The van der Waals surface area contributed by atoms with Crippen molar-refractivity contribution in [1.29, 1.82) is 0 Å². The summed E-state index contributed by atoms with van der Waals surface area (Å²) in [5, 5.41) is 13.7. The van der Waals surface area contributed by atoms with E-state index in [1.54, 1.807) is 19.4 Å².